The maximum atomic E-state index is 12.0. The Morgan fingerprint density at radius 3 is 2.33 bits per heavy atom. The van der Waals surface area contributed by atoms with E-state index in [9.17, 15) is 9.90 Å². The first-order valence-electron chi connectivity index (χ1n) is 7.76. The molecule has 2 N–H and O–H groups in total. The number of hydrogen-bond acceptors (Lipinski definition) is 3. The van der Waals surface area contributed by atoms with Crippen molar-refractivity contribution in [2.75, 3.05) is 19.6 Å². The molecule has 0 spiro atoms. The SMILES string of the molecule is CCNC(CCN(CC)C(C)C)(C(=O)O)c1ccccc1. The molecule has 1 atom stereocenters. The van der Waals surface area contributed by atoms with Crippen LogP contribution >= 0.6 is 0 Å². The van der Waals surface area contributed by atoms with Crippen LogP contribution in [0.2, 0.25) is 0 Å². The lowest BCUT2D eigenvalue weighted by Gasteiger charge is -2.34. The molecule has 1 aromatic rings. The molecular formula is C17H28N2O2. The summed E-state index contributed by atoms with van der Waals surface area (Å²) in [5.74, 6) is -0.810. The Hall–Kier alpha value is -1.39. The van der Waals surface area contributed by atoms with Crippen molar-refractivity contribution in [3.05, 3.63) is 35.9 Å². The molecule has 0 aliphatic rings. The first kappa shape index (κ1) is 17.7. The van der Waals surface area contributed by atoms with Crippen LogP contribution in [0.4, 0.5) is 0 Å². The number of rotatable bonds is 9. The van der Waals surface area contributed by atoms with Crippen LogP contribution in [-0.2, 0) is 10.3 Å². The van der Waals surface area contributed by atoms with Gasteiger partial charge in [-0.1, -0.05) is 44.2 Å². The van der Waals surface area contributed by atoms with E-state index < -0.39 is 11.5 Å². The third-order valence-corrected chi connectivity index (χ3v) is 4.02. The van der Waals surface area contributed by atoms with E-state index in [-0.39, 0.29) is 0 Å². The van der Waals surface area contributed by atoms with Gasteiger partial charge in [0.05, 0.1) is 0 Å². The second-order valence-corrected chi connectivity index (χ2v) is 5.58. The van der Waals surface area contributed by atoms with Crippen LogP contribution in [0, 0.1) is 0 Å². The number of nitrogens with one attached hydrogen (secondary N) is 1. The zero-order chi connectivity index (χ0) is 15.9. The Morgan fingerprint density at radius 2 is 1.90 bits per heavy atom. The van der Waals surface area contributed by atoms with Gasteiger partial charge in [-0.25, -0.2) is 4.79 Å². The molecule has 4 nitrogen and oxygen atoms in total. The van der Waals surface area contributed by atoms with Gasteiger partial charge in [-0.05, 0) is 38.9 Å². The van der Waals surface area contributed by atoms with Crippen LogP contribution < -0.4 is 5.32 Å². The summed E-state index contributed by atoms with van der Waals surface area (Å²) in [6.45, 7) is 10.6. The fraction of sp³-hybridized carbons (Fsp3) is 0.588. The molecule has 21 heavy (non-hydrogen) atoms. The summed E-state index contributed by atoms with van der Waals surface area (Å²) in [6, 6.07) is 9.90. The number of nitrogens with zero attached hydrogens (tertiary/aromatic N) is 1. The standard InChI is InChI=1S/C17H28N2O2/c1-5-18-17(16(20)21,15-10-8-7-9-11-15)12-13-19(6-2)14(3)4/h7-11,14,18H,5-6,12-13H2,1-4H3,(H,20,21). The van der Waals surface area contributed by atoms with Crippen LogP contribution in [0.5, 0.6) is 0 Å². The Labute approximate surface area is 128 Å². The monoisotopic (exact) mass is 292 g/mol. The number of carboxylic acid groups (broad SMARTS) is 1. The molecule has 0 aliphatic carbocycles. The fourth-order valence-electron chi connectivity index (χ4n) is 2.76. The molecule has 1 aromatic carbocycles. The zero-order valence-electron chi connectivity index (χ0n) is 13.6. The molecule has 0 saturated heterocycles. The van der Waals surface area contributed by atoms with E-state index in [1.807, 2.05) is 37.3 Å². The highest BCUT2D eigenvalue weighted by Gasteiger charge is 2.39. The van der Waals surface area contributed by atoms with Crippen molar-refractivity contribution in [3.8, 4) is 0 Å². The Kier molecular flexibility index (Phi) is 6.85. The van der Waals surface area contributed by atoms with E-state index >= 15 is 0 Å². The van der Waals surface area contributed by atoms with E-state index in [2.05, 4.69) is 31.0 Å². The van der Waals surface area contributed by atoms with Crippen LogP contribution in [-0.4, -0.2) is 41.7 Å². The highest BCUT2D eigenvalue weighted by atomic mass is 16.4. The minimum atomic E-state index is -1.02. The predicted molar refractivity (Wildman–Crippen MR) is 86.4 cm³/mol. The summed E-state index contributed by atoms with van der Waals surface area (Å²) in [5, 5.41) is 13.1. The van der Waals surface area contributed by atoms with Crippen LogP contribution in [0.1, 0.15) is 39.7 Å². The van der Waals surface area contributed by atoms with Gasteiger partial charge in [0.25, 0.3) is 0 Å². The quantitative estimate of drug-likeness (QED) is 0.735. The van der Waals surface area contributed by atoms with E-state index in [1.54, 1.807) is 0 Å². The maximum Gasteiger partial charge on any atom is 0.328 e. The van der Waals surface area contributed by atoms with Gasteiger partial charge in [-0.3, -0.25) is 5.32 Å². The largest absolute Gasteiger partial charge is 0.480 e. The first-order chi connectivity index (χ1) is 9.97. The third kappa shape index (κ3) is 4.29. The molecule has 118 valence electrons. The Bertz CT molecular complexity index is 434. The smallest absolute Gasteiger partial charge is 0.328 e. The van der Waals surface area contributed by atoms with Gasteiger partial charge >= 0.3 is 5.97 Å². The average molecular weight is 292 g/mol. The van der Waals surface area contributed by atoms with Gasteiger partial charge in [0.2, 0.25) is 0 Å². The first-order valence-corrected chi connectivity index (χ1v) is 7.76. The minimum absolute atomic E-state index is 0.416. The van der Waals surface area contributed by atoms with Crippen LogP contribution in [0.3, 0.4) is 0 Å². The second kappa shape index (κ2) is 8.15. The number of aliphatic carboxylic acids is 1. The molecule has 0 amide bonds. The van der Waals surface area contributed by atoms with Gasteiger partial charge < -0.3 is 10.0 Å². The lowest BCUT2D eigenvalue weighted by molar-refractivity contribution is -0.146. The molecule has 0 radical (unpaired) electrons. The zero-order valence-corrected chi connectivity index (χ0v) is 13.6. The van der Waals surface area contributed by atoms with Crippen molar-refractivity contribution in [1.29, 1.82) is 0 Å². The molecule has 0 bridgehead atoms. The van der Waals surface area contributed by atoms with Gasteiger partial charge in [-0.2, -0.15) is 0 Å². The molecule has 1 rings (SSSR count). The molecule has 0 saturated carbocycles. The molecule has 0 aliphatic heterocycles. The van der Waals surface area contributed by atoms with Crippen LogP contribution in [0.25, 0.3) is 0 Å². The van der Waals surface area contributed by atoms with E-state index in [0.29, 0.717) is 19.0 Å². The van der Waals surface area contributed by atoms with Crippen LogP contribution in [0.15, 0.2) is 30.3 Å². The highest BCUT2D eigenvalue weighted by molar-refractivity contribution is 5.80. The average Bonchev–Trinajstić information content (AvgIpc) is 2.47. The predicted octanol–water partition coefficient (Wildman–Crippen LogP) is 2.70. The van der Waals surface area contributed by atoms with Gasteiger partial charge in [0.1, 0.15) is 5.54 Å². The van der Waals surface area contributed by atoms with Gasteiger partial charge in [-0.15, -0.1) is 0 Å². The molecule has 0 fully saturated rings. The normalized spacial score (nSPS) is 14.4. The summed E-state index contributed by atoms with van der Waals surface area (Å²) in [6.07, 6.45) is 0.548. The lowest BCUT2D eigenvalue weighted by Crippen LogP contribution is -2.51. The van der Waals surface area contributed by atoms with Crippen molar-refractivity contribution in [3.63, 3.8) is 0 Å². The molecular weight excluding hydrogens is 264 g/mol. The third-order valence-electron chi connectivity index (χ3n) is 4.02. The number of hydrogen-bond donors (Lipinski definition) is 2. The summed E-state index contributed by atoms with van der Waals surface area (Å²) < 4.78 is 0. The molecule has 1 unspecified atom stereocenters. The van der Waals surface area contributed by atoms with E-state index in [0.717, 1.165) is 18.7 Å². The molecule has 0 heterocycles. The number of benzene rings is 1. The fourth-order valence-corrected chi connectivity index (χ4v) is 2.76. The summed E-state index contributed by atoms with van der Waals surface area (Å²) >= 11 is 0. The Balaban J connectivity index is 3.05. The summed E-state index contributed by atoms with van der Waals surface area (Å²) in [4.78, 5) is 14.3. The summed E-state index contributed by atoms with van der Waals surface area (Å²) in [7, 11) is 0. The number of carboxylic acids is 1. The van der Waals surface area contributed by atoms with E-state index in [4.69, 9.17) is 0 Å². The maximum absolute atomic E-state index is 12.0. The summed E-state index contributed by atoms with van der Waals surface area (Å²) in [5.41, 5.74) is -0.197. The van der Waals surface area contributed by atoms with Gasteiger partial charge in [0.15, 0.2) is 0 Å². The highest BCUT2D eigenvalue weighted by Crippen LogP contribution is 2.26. The van der Waals surface area contributed by atoms with Crippen molar-refractivity contribution in [1.82, 2.24) is 10.2 Å². The van der Waals surface area contributed by atoms with Crippen molar-refractivity contribution < 1.29 is 9.90 Å². The number of carbonyl (C=O) groups is 1. The molecule has 4 heteroatoms. The van der Waals surface area contributed by atoms with Crippen molar-refractivity contribution in [2.45, 2.75) is 45.7 Å². The van der Waals surface area contributed by atoms with Crippen molar-refractivity contribution in [2.24, 2.45) is 0 Å². The lowest BCUT2D eigenvalue weighted by atomic mass is 9.86. The molecule has 0 aromatic heterocycles. The van der Waals surface area contributed by atoms with E-state index in [1.165, 1.54) is 0 Å². The second-order valence-electron chi connectivity index (χ2n) is 5.58. The topological polar surface area (TPSA) is 52.6 Å². The Morgan fingerprint density at radius 1 is 1.29 bits per heavy atom. The van der Waals surface area contributed by atoms with Gasteiger partial charge in [0, 0.05) is 12.6 Å². The minimum Gasteiger partial charge on any atom is -0.480 e. The number of likely N-dealkylation sites (N-methyl/N-ethyl adjacent to an activating group) is 1. The van der Waals surface area contributed by atoms with Crippen molar-refractivity contribution >= 4 is 5.97 Å².